The Balaban J connectivity index is 2.48. The lowest BCUT2D eigenvalue weighted by molar-refractivity contribution is -0.109. The van der Waals surface area contributed by atoms with Gasteiger partial charge in [0.25, 0.3) is 0 Å². The molecule has 0 aromatic carbocycles. The SMILES string of the molecule is CC(C)(C)C1CC[C@@H](C=O)N1. The molecule has 0 aliphatic carbocycles. The molecule has 0 bridgehead atoms. The maximum absolute atomic E-state index is 10.4. The molecule has 1 unspecified atom stereocenters. The van der Waals surface area contributed by atoms with Crippen molar-refractivity contribution < 1.29 is 4.79 Å². The zero-order valence-electron chi connectivity index (χ0n) is 7.55. The van der Waals surface area contributed by atoms with E-state index in [0.29, 0.717) is 6.04 Å². The number of carbonyl (C=O) groups excluding carboxylic acids is 1. The third-order valence-corrected chi connectivity index (χ3v) is 2.39. The molecule has 0 aromatic rings. The number of hydrogen-bond acceptors (Lipinski definition) is 2. The van der Waals surface area contributed by atoms with E-state index < -0.39 is 0 Å². The van der Waals surface area contributed by atoms with Crippen LogP contribution in [0.5, 0.6) is 0 Å². The van der Waals surface area contributed by atoms with E-state index in [1.807, 2.05) is 0 Å². The fraction of sp³-hybridized carbons (Fsp3) is 0.889. The molecule has 2 atom stereocenters. The molecule has 1 aliphatic heterocycles. The van der Waals surface area contributed by atoms with Gasteiger partial charge in [-0.25, -0.2) is 0 Å². The predicted octanol–water partition coefficient (Wildman–Crippen LogP) is 1.35. The van der Waals surface area contributed by atoms with E-state index in [1.165, 1.54) is 0 Å². The van der Waals surface area contributed by atoms with Gasteiger partial charge in [0.2, 0.25) is 0 Å². The highest BCUT2D eigenvalue weighted by molar-refractivity contribution is 5.58. The summed E-state index contributed by atoms with van der Waals surface area (Å²) in [6.07, 6.45) is 3.16. The zero-order chi connectivity index (χ0) is 8.48. The third kappa shape index (κ3) is 2.03. The fourth-order valence-electron chi connectivity index (χ4n) is 1.56. The summed E-state index contributed by atoms with van der Waals surface area (Å²) in [5.74, 6) is 0. The molecule has 2 nitrogen and oxygen atoms in total. The van der Waals surface area contributed by atoms with E-state index in [9.17, 15) is 4.79 Å². The van der Waals surface area contributed by atoms with Gasteiger partial charge in [0.1, 0.15) is 6.29 Å². The molecule has 0 saturated carbocycles. The average molecular weight is 155 g/mol. The first-order valence-electron chi connectivity index (χ1n) is 4.25. The molecule has 1 rings (SSSR count). The molecule has 0 spiro atoms. The first-order chi connectivity index (χ1) is 5.04. The first kappa shape index (κ1) is 8.72. The van der Waals surface area contributed by atoms with Crippen molar-refractivity contribution >= 4 is 6.29 Å². The average Bonchev–Trinajstić information content (AvgIpc) is 2.32. The van der Waals surface area contributed by atoms with Crippen molar-refractivity contribution in [3.8, 4) is 0 Å². The van der Waals surface area contributed by atoms with E-state index in [4.69, 9.17) is 0 Å². The van der Waals surface area contributed by atoms with Gasteiger partial charge in [-0.15, -0.1) is 0 Å². The number of rotatable bonds is 1. The lowest BCUT2D eigenvalue weighted by Gasteiger charge is -2.27. The molecule has 1 N–H and O–H groups in total. The molecule has 0 aromatic heterocycles. The van der Waals surface area contributed by atoms with Crippen LogP contribution < -0.4 is 5.32 Å². The number of aldehydes is 1. The second kappa shape index (κ2) is 2.94. The standard InChI is InChI=1S/C9H17NO/c1-9(2,3)8-5-4-7(6-11)10-8/h6-8,10H,4-5H2,1-3H3/t7-,8?/m0/s1. The summed E-state index contributed by atoms with van der Waals surface area (Å²) in [6.45, 7) is 6.62. The Morgan fingerprint density at radius 2 is 2.00 bits per heavy atom. The minimum absolute atomic E-state index is 0.110. The summed E-state index contributed by atoms with van der Waals surface area (Å²) < 4.78 is 0. The van der Waals surface area contributed by atoms with Crippen LogP contribution in [0.1, 0.15) is 33.6 Å². The van der Waals surface area contributed by atoms with Gasteiger partial charge in [0.05, 0.1) is 6.04 Å². The number of carbonyl (C=O) groups is 1. The quantitative estimate of drug-likeness (QED) is 0.579. The lowest BCUT2D eigenvalue weighted by atomic mass is 9.86. The third-order valence-electron chi connectivity index (χ3n) is 2.39. The van der Waals surface area contributed by atoms with Gasteiger partial charge in [-0.3, -0.25) is 0 Å². The van der Waals surface area contributed by atoms with E-state index in [-0.39, 0.29) is 11.5 Å². The van der Waals surface area contributed by atoms with Gasteiger partial charge in [-0.05, 0) is 18.3 Å². The zero-order valence-corrected chi connectivity index (χ0v) is 7.55. The minimum Gasteiger partial charge on any atom is -0.304 e. The summed E-state index contributed by atoms with van der Waals surface area (Å²) in [5, 5.41) is 3.31. The van der Waals surface area contributed by atoms with Crippen molar-refractivity contribution in [3.05, 3.63) is 0 Å². The van der Waals surface area contributed by atoms with Crippen molar-refractivity contribution in [1.29, 1.82) is 0 Å². The van der Waals surface area contributed by atoms with Crippen molar-refractivity contribution in [1.82, 2.24) is 5.32 Å². The summed E-state index contributed by atoms with van der Waals surface area (Å²) in [7, 11) is 0. The second-order valence-corrected chi connectivity index (χ2v) is 4.41. The molecular weight excluding hydrogens is 138 g/mol. The Morgan fingerprint density at radius 3 is 2.27 bits per heavy atom. The van der Waals surface area contributed by atoms with Crippen molar-refractivity contribution in [2.75, 3.05) is 0 Å². The van der Waals surface area contributed by atoms with Crippen molar-refractivity contribution in [3.63, 3.8) is 0 Å². The van der Waals surface area contributed by atoms with Crippen LogP contribution in [0.3, 0.4) is 0 Å². The molecule has 64 valence electrons. The Hall–Kier alpha value is -0.370. The normalized spacial score (nSPS) is 32.3. The number of hydrogen-bond donors (Lipinski definition) is 1. The van der Waals surface area contributed by atoms with E-state index in [2.05, 4.69) is 26.1 Å². The molecular formula is C9H17NO. The summed E-state index contributed by atoms with van der Waals surface area (Å²) in [5.41, 5.74) is 0.289. The maximum atomic E-state index is 10.4. The molecule has 11 heavy (non-hydrogen) atoms. The van der Waals surface area contributed by atoms with Crippen LogP contribution >= 0.6 is 0 Å². The molecule has 1 aliphatic rings. The largest absolute Gasteiger partial charge is 0.304 e. The van der Waals surface area contributed by atoms with Crippen LogP contribution in [-0.4, -0.2) is 18.4 Å². The van der Waals surface area contributed by atoms with Crippen LogP contribution in [-0.2, 0) is 4.79 Å². The van der Waals surface area contributed by atoms with Gasteiger partial charge in [-0.2, -0.15) is 0 Å². The topological polar surface area (TPSA) is 29.1 Å². The van der Waals surface area contributed by atoms with Crippen LogP contribution in [0.2, 0.25) is 0 Å². The Morgan fingerprint density at radius 1 is 1.36 bits per heavy atom. The van der Waals surface area contributed by atoms with Gasteiger partial charge in [0.15, 0.2) is 0 Å². The lowest BCUT2D eigenvalue weighted by Crippen LogP contribution is -2.39. The molecule has 1 fully saturated rings. The highest BCUT2D eigenvalue weighted by Crippen LogP contribution is 2.27. The molecule has 1 saturated heterocycles. The van der Waals surface area contributed by atoms with Crippen LogP contribution in [0, 0.1) is 5.41 Å². The maximum Gasteiger partial charge on any atom is 0.136 e. The van der Waals surface area contributed by atoms with Gasteiger partial charge >= 0.3 is 0 Å². The van der Waals surface area contributed by atoms with Gasteiger partial charge < -0.3 is 10.1 Å². The van der Waals surface area contributed by atoms with Crippen molar-refractivity contribution in [2.24, 2.45) is 5.41 Å². The highest BCUT2D eigenvalue weighted by atomic mass is 16.1. The molecule has 0 amide bonds. The fourth-order valence-corrected chi connectivity index (χ4v) is 1.56. The van der Waals surface area contributed by atoms with Crippen molar-refractivity contribution in [2.45, 2.75) is 45.7 Å². The van der Waals surface area contributed by atoms with Crippen LogP contribution in [0.4, 0.5) is 0 Å². The van der Waals surface area contributed by atoms with E-state index in [1.54, 1.807) is 0 Å². The molecule has 1 heterocycles. The molecule has 2 heteroatoms. The first-order valence-corrected chi connectivity index (χ1v) is 4.25. The van der Waals surface area contributed by atoms with Crippen LogP contribution in [0.25, 0.3) is 0 Å². The van der Waals surface area contributed by atoms with Crippen LogP contribution in [0.15, 0.2) is 0 Å². The Labute approximate surface area is 68.4 Å². The Kier molecular flexibility index (Phi) is 2.33. The highest BCUT2D eigenvalue weighted by Gasteiger charge is 2.31. The van der Waals surface area contributed by atoms with E-state index in [0.717, 1.165) is 19.1 Å². The predicted molar refractivity (Wildman–Crippen MR) is 45.5 cm³/mol. The summed E-state index contributed by atoms with van der Waals surface area (Å²) in [4.78, 5) is 10.4. The number of nitrogens with one attached hydrogen (secondary N) is 1. The monoisotopic (exact) mass is 155 g/mol. The summed E-state index contributed by atoms with van der Waals surface area (Å²) in [6, 6.07) is 0.622. The molecule has 0 radical (unpaired) electrons. The smallest absolute Gasteiger partial charge is 0.136 e. The van der Waals surface area contributed by atoms with Gasteiger partial charge in [0, 0.05) is 6.04 Å². The second-order valence-electron chi connectivity index (χ2n) is 4.41. The summed E-state index contributed by atoms with van der Waals surface area (Å²) >= 11 is 0. The van der Waals surface area contributed by atoms with Gasteiger partial charge in [-0.1, -0.05) is 20.8 Å². The Bertz CT molecular complexity index is 148. The minimum atomic E-state index is 0.110. The van der Waals surface area contributed by atoms with E-state index >= 15 is 0 Å².